The molecular formula is C8H6Cl2IN3O. The van der Waals surface area contributed by atoms with Gasteiger partial charge in [0, 0.05) is 19.2 Å². The molecule has 0 aromatic carbocycles. The fourth-order valence-corrected chi connectivity index (χ4v) is 2.35. The predicted octanol–water partition coefficient (Wildman–Crippen LogP) is 2.08. The molecular weight excluding hydrogens is 352 g/mol. The number of carbonyl (C=O) groups excluding carboxylic acids is 1. The van der Waals surface area contributed by atoms with E-state index in [0.29, 0.717) is 18.8 Å². The van der Waals surface area contributed by atoms with Crippen molar-refractivity contribution in [1.29, 1.82) is 0 Å². The largest absolute Gasteiger partial charge is 0.294 e. The van der Waals surface area contributed by atoms with Crippen LogP contribution in [0.3, 0.4) is 0 Å². The number of nitrogens with zero attached hydrogens (tertiary/aromatic N) is 3. The van der Waals surface area contributed by atoms with E-state index < -0.39 is 0 Å². The molecule has 80 valence electrons. The van der Waals surface area contributed by atoms with Crippen LogP contribution >= 0.6 is 45.8 Å². The first-order valence-electron chi connectivity index (χ1n) is 4.20. The molecule has 1 unspecified atom stereocenters. The molecule has 2 rings (SSSR count). The Morgan fingerprint density at radius 1 is 1.60 bits per heavy atom. The molecule has 1 atom stereocenters. The monoisotopic (exact) mass is 357 g/mol. The Morgan fingerprint density at radius 2 is 2.33 bits per heavy atom. The molecule has 0 bridgehead atoms. The van der Waals surface area contributed by atoms with Gasteiger partial charge < -0.3 is 0 Å². The molecule has 0 radical (unpaired) electrons. The molecule has 1 aromatic rings. The molecule has 0 saturated carbocycles. The van der Waals surface area contributed by atoms with Gasteiger partial charge in [0.25, 0.3) is 0 Å². The highest BCUT2D eigenvalue weighted by Gasteiger charge is 2.31. The number of amides is 1. The average molecular weight is 358 g/mol. The summed E-state index contributed by atoms with van der Waals surface area (Å²) in [5.41, 5.74) is 0. The van der Waals surface area contributed by atoms with E-state index in [2.05, 4.69) is 32.6 Å². The van der Waals surface area contributed by atoms with Crippen molar-refractivity contribution in [3.8, 4) is 0 Å². The van der Waals surface area contributed by atoms with Crippen molar-refractivity contribution in [2.24, 2.45) is 0 Å². The Balaban J connectivity index is 2.37. The molecule has 0 N–H and O–H groups in total. The van der Waals surface area contributed by atoms with Crippen molar-refractivity contribution in [2.45, 2.75) is 11.8 Å². The van der Waals surface area contributed by atoms with Gasteiger partial charge in [0.2, 0.25) is 11.2 Å². The maximum absolute atomic E-state index is 11.6. The minimum absolute atomic E-state index is 0.0253. The quantitative estimate of drug-likeness (QED) is 0.439. The first kappa shape index (κ1) is 11.3. The van der Waals surface area contributed by atoms with Gasteiger partial charge in [-0.2, -0.15) is 4.98 Å². The summed E-state index contributed by atoms with van der Waals surface area (Å²) in [6.45, 7) is 0.476. The van der Waals surface area contributed by atoms with Crippen LogP contribution < -0.4 is 4.90 Å². The third-order valence-electron chi connectivity index (χ3n) is 2.03. The summed E-state index contributed by atoms with van der Waals surface area (Å²) in [4.78, 5) is 21.0. The van der Waals surface area contributed by atoms with Crippen molar-refractivity contribution < 1.29 is 4.79 Å². The average Bonchev–Trinajstić information content (AvgIpc) is 2.50. The number of hydrogen-bond acceptors (Lipinski definition) is 3. The van der Waals surface area contributed by atoms with E-state index >= 15 is 0 Å². The zero-order valence-corrected chi connectivity index (χ0v) is 11.1. The Morgan fingerprint density at radius 3 is 2.93 bits per heavy atom. The van der Waals surface area contributed by atoms with E-state index in [1.807, 2.05) is 0 Å². The van der Waals surface area contributed by atoms with Crippen molar-refractivity contribution in [3.05, 3.63) is 15.1 Å². The number of anilines is 1. The van der Waals surface area contributed by atoms with Gasteiger partial charge in [-0.15, -0.1) is 11.6 Å². The predicted molar refractivity (Wildman–Crippen MR) is 66.4 cm³/mol. The van der Waals surface area contributed by atoms with E-state index in [0.717, 1.165) is 3.57 Å². The van der Waals surface area contributed by atoms with Crippen LogP contribution in [0.15, 0.2) is 6.20 Å². The molecule has 1 aromatic heterocycles. The van der Waals surface area contributed by atoms with Gasteiger partial charge >= 0.3 is 0 Å². The van der Waals surface area contributed by atoms with Crippen LogP contribution in [0, 0.1) is 3.57 Å². The van der Waals surface area contributed by atoms with Crippen molar-refractivity contribution in [3.63, 3.8) is 0 Å². The Hall–Kier alpha value is -0.140. The number of rotatable bonds is 1. The van der Waals surface area contributed by atoms with Crippen molar-refractivity contribution in [2.75, 3.05) is 11.4 Å². The van der Waals surface area contributed by atoms with Crippen LogP contribution in [0.25, 0.3) is 0 Å². The lowest BCUT2D eigenvalue weighted by Crippen LogP contribution is -2.26. The summed E-state index contributed by atoms with van der Waals surface area (Å²) >= 11 is 13.6. The lowest BCUT2D eigenvalue weighted by atomic mass is 10.4. The van der Waals surface area contributed by atoms with E-state index in [1.54, 1.807) is 11.1 Å². The minimum Gasteiger partial charge on any atom is -0.294 e. The standard InChI is InChI=1S/C8H6Cl2IN3O/c9-4-1-6(15)14(3-4)7-5(11)2-12-8(10)13-7/h2,4H,1,3H2. The van der Waals surface area contributed by atoms with Crippen LogP contribution in [0.1, 0.15) is 6.42 Å². The molecule has 1 amide bonds. The van der Waals surface area contributed by atoms with E-state index in [4.69, 9.17) is 23.2 Å². The second-order valence-corrected chi connectivity index (χ2v) is 5.23. The number of halogens is 3. The highest BCUT2D eigenvalue weighted by Crippen LogP contribution is 2.27. The summed E-state index contributed by atoms with van der Waals surface area (Å²) in [5, 5.41) is -0.0155. The number of aromatic nitrogens is 2. The molecule has 15 heavy (non-hydrogen) atoms. The van der Waals surface area contributed by atoms with Gasteiger partial charge in [-0.25, -0.2) is 4.98 Å². The fourth-order valence-electron chi connectivity index (χ4n) is 1.40. The molecule has 1 aliphatic rings. The van der Waals surface area contributed by atoms with Crippen molar-refractivity contribution in [1.82, 2.24) is 9.97 Å². The topological polar surface area (TPSA) is 46.1 Å². The zero-order chi connectivity index (χ0) is 11.0. The smallest absolute Gasteiger partial charge is 0.229 e. The maximum atomic E-state index is 11.6. The van der Waals surface area contributed by atoms with E-state index in [1.165, 1.54) is 0 Å². The second kappa shape index (κ2) is 4.39. The van der Waals surface area contributed by atoms with Gasteiger partial charge in [-0.3, -0.25) is 9.69 Å². The molecule has 2 heterocycles. The van der Waals surface area contributed by atoms with Crippen LogP contribution in [-0.2, 0) is 4.79 Å². The van der Waals surface area contributed by atoms with E-state index in [-0.39, 0.29) is 16.6 Å². The van der Waals surface area contributed by atoms with Gasteiger partial charge in [-0.05, 0) is 34.2 Å². The normalized spacial score (nSPS) is 21.1. The summed E-state index contributed by atoms with van der Waals surface area (Å²) in [5.74, 6) is 0.520. The van der Waals surface area contributed by atoms with Crippen LogP contribution in [0.2, 0.25) is 5.28 Å². The molecule has 1 aliphatic heterocycles. The highest BCUT2D eigenvalue weighted by molar-refractivity contribution is 14.1. The Labute approximate surface area is 110 Å². The van der Waals surface area contributed by atoms with Crippen molar-refractivity contribution >= 4 is 57.5 Å². The summed E-state index contributed by atoms with van der Waals surface area (Å²) in [6, 6.07) is 0. The molecule has 1 saturated heterocycles. The number of hydrogen-bond donors (Lipinski definition) is 0. The summed E-state index contributed by atoms with van der Waals surface area (Å²) in [6.07, 6.45) is 1.93. The number of alkyl halides is 1. The van der Waals surface area contributed by atoms with Crippen LogP contribution in [0.4, 0.5) is 5.82 Å². The molecule has 7 heteroatoms. The Kier molecular flexibility index (Phi) is 3.32. The van der Waals surface area contributed by atoms with E-state index in [9.17, 15) is 4.79 Å². The maximum Gasteiger partial charge on any atom is 0.229 e. The molecule has 1 fully saturated rings. The number of carbonyl (C=O) groups is 1. The zero-order valence-electron chi connectivity index (χ0n) is 7.45. The first-order valence-corrected chi connectivity index (χ1v) is 6.09. The fraction of sp³-hybridized carbons (Fsp3) is 0.375. The molecule has 4 nitrogen and oxygen atoms in total. The Bertz CT molecular complexity index is 415. The van der Waals surface area contributed by atoms with Crippen LogP contribution in [-0.4, -0.2) is 27.8 Å². The van der Waals surface area contributed by atoms with Crippen LogP contribution in [0.5, 0.6) is 0 Å². The first-order chi connectivity index (χ1) is 7.08. The third-order valence-corrected chi connectivity index (χ3v) is 3.27. The molecule has 0 aliphatic carbocycles. The SMILES string of the molecule is O=C1CC(Cl)CN1c1nc(Cl)ncc1I. The lowest BCUT2D eigenvalue weighted by Gasteiger charge is -2.15. The third kappa shape index (κ3) is 2.34. The minimum atomic E-state index is -0.151. The highest BCUT2D eigenvalue weighted by atomic mass is 127. The lowest BCUT2D eigenvalue weighted by molar-refractivity contribution is -0.117. The summed E-state index contributed by atoms with van der Waals surface area (Å²) in [7, 11) is 0. The summed E-state index contributed by atoms with van der Waals surface area (Å²) < 4.78 is 0.788. The van der Waals surface area contributed by atoms with Gasteiger partial charge in [0.15, 0.2) is 5.82 Å². The van der Waals surface area contributed by atoms with Gasteiger partial charge in [0.1, 0.15) is 0 Å². The second-order valence-electron chi connectivity index (χ2n) is 3.12. The van der Waals surface area contributed by atoms with Gasteiger partial charge in [-0.1, -0.05) is 0 Å². The molecule has 0 spiro atoms. The van der Waals surface area contributed by atoms with Gasteiger partial charge in [0.05, 0.1) is 8.95 Å².